The molecule has 5 heteroatoms. The lowest BCUT2D eigenvalue weighted by atomic mass is 10.0. The number of carbonyl (C=O) groups excluding carboxylic acids is 1. The van der Waals surface area contributed by atoms with Crippen LogP contribution in [0.5, 0.6) is 0 Å². The fraction of sp³-hybridized carbons (Fsp3) is 0.435. The largest absolute Gasteiger partial charge is 1.00 e. The van der Waals surface area contributed by atoms with Gasteiger partial charge in [0.2, 0.25) is 0 Å². The minimum atomic E-state index is -0.0918. The van der Waals surface area contributed by atoms with Gasteiger partial charge in [0.1, 0.15) is 12.6 Å². The lowest BCUT2D eigenvalue weighted by Crippen LogP contribution is -3.00. The van der Waals surface area contributed by atoms with E-state index in [2.05, 4.69) is 38.4 Å². The number of likely N-dealkylation sites (N-methyl/N-ethyl adjacent to an activating group) is 2. The van der Waals surface area contributed by atoms with Crippen molar-refractivity contribution < 1.29 is 26.4 Å². The van der Waals surface area contributed by atoms with Gasteiger partial charge >= 0.3 is 0 Å². The van der Waals surface area contributed by atoms with Crippen LogP contribution in [0.15, 0.2) is 60.7 Å². The van der Waals surface area contributed by atoms with Crippen LogP contribution in [0.4, 0.5) is 0 Å². The predicted molar refractivity (Wildman–Crippen MR) is 110 cm³/mol. The standard InChI is InChI=1S/C23H33N2O2.ClH/c1-5-24(6-2)22(26)19-25(3,4)17-18-27-23(20-13-9-7-10-14-20)21-15-11-8-12-16-21;/h7-16,23H,5-6,17-19H2,1-4H3;1H/q+1;/p-1. The van der Waals surface area contributed by atoms with Crippen LogP contribution in [0.1, 0.15) is 31.1 Å². The van der Waals surface area contributed by atoms with Crippen LogP contribution >= 0.6 is 0 Å². The second-order valence-corrected chi connectivity index (χ2v) is 7.46. The first-order valence-electron chi connectivity index (χ1n) is 9.78. The highest BCUT2D eigenvalue weighted by Crippen LogP contribution is 2.25. The first kappa shape index (κ1) is 24.2. The molecule has 28 heavy (non-hydrogen) atoms. The zero-order valence-corrected chi connectivity index (χ0v) is 18.2. The van der Waals surface area contributed by atoms with Crippen LogP contribution < -0.4 is 12.4 Å². The van der Waals surface area contributed by atoms with Crippen molar-refractivity contribution in [2.75, 3.05) is 46.9 Å². The zero-order chi connectivity index (χ0) is 19.7. The Morgan fingerprint density at radius 1 is 0.929 bits per heavy atom. The van der Waals surface area contributed by atoms with Crippen molar-refractivity contribution in [3.05, 3.63) is 71.8 Å². The molecule has 0 saturated heterocycles. The maximum atomic E-state index is 12.4. The molecule has 0 aliphatic rings. The second-order valence-electron chi connectivity index (χ2n) is 7.46. The summed E-state index contributed by atoms with van der Waals surface area (Å²) >= 11 is 0. The highest BCUT2D eigenvalue weighted by Gasteiger charge is 2.24. The SMILES string of the molecule is CCN(CC)C(=O)C[N+](C)(C)CCOC(c1ccccc1)c1ccccc1.[Cl-]. The fourth-order valence-electron chi connectivity index (χ4n) is 3.18. The summed E-state index contributed by atoms with van der Waals surface area (Å²) in [6.45, 7) is 7.43. The van der Waals surface area contributed by atoms with E-state index in [4.69, 9.17) is 4.74 Å². The molecule has 0 radical (unpaired) electrons. The summed E-state index contributed by atoms with van der Waals surface area (Å²) in [5, 5.41) is 0. The zero-order valence-electron chi connectivity index (χ0n) is 17.5. The molecule has 0 aromatic heterocycles. The molecule has 2 aromatic carbocycles. The van der Waals surface area contributed by atoms with E-state index in [1.165, 1.54) is 0 Å². The third-order valence-electron chi connectivity index (χ3n) is 4.87. The summed E-state index contributed by atoms with van der Waals surface area (Å²) in [5.74, 6) is 0.202. The van der Waals surface area contributed by atoms with Gasteiger partial charge in [0, 0.05) is 13.1 Å². The number of benzene rings is 2. The van der Waals surface area contributed by atoms with Crippen LogP contribution in [0.3, 0.4) is 0 Å². The van der Waals surface area contributed by atoms with Gasteiger partial charge in [-0.25, -0.2) is 0 Å². The van der Waals surface area contributed by atoms with Crippen molar-refractivity contribution in [1.82, 2.24) is 4.90 Å². The Balaban J connectivity index is 0.00000392. The van der Waals surface area contributed by atoms with Gasteiger partial charge < -0.3 is 26.5 Å². The number of hydrogen-bond acceptors (Lipinski definition) is 2. The molecule has 0 heterocycles. The third kappa shape index (κ3) is 7.27. The molecule has 0 bridgehead atoms. The molecule has 154 valence electrons. The number of halogens is 1. The summed E-state index contributed by atoms with van der Waals surface area (Å²) < 4.78 is 6.92. The van der Waals surface area contributed by atoms with E-state index in [0.717, 1.165) is 30.8 Å². The highest BCUT2D eigenvalue weighted by molar-refractivity contribution is 5.77. The molecule has 0 atom stereocenters. The fourth-order valence-corrected chi connectivity index (χ4v) is 3.18. The highest BCUT2D eigenvalue weighted by atomic mass is 35.5. The van der Waals surface area contributed by atoms with Crippen LogP contribution in [0.2, 0.25) is 0 Å². The number of carbonyl (C=O) groups is 1. The summed E-state index contributed by atoms with van der Waals surface area (Å²) in [6, 6.07) is 20.6. The molecule has 0 spiro atoms. The number of hydrogen-bond donors (Lipinski definition) is 0. The van der Waals surface area contributed by atoms with Gasteiger partial charge in [-0.2, -0.15) is 0 Å². The maximum Gasteiger partial charge on any atom is 0.277 e. The van der Waals surface area contributed by atoms with Gasteiger partial charge in [-0.05, 0) is 25.0 Å². The quantitative estimate of drug-likeness (QED) is 0.547. The monoisotopic (exact) mass is 404 g/mol. The van der Waals surface area contributed by atoms with Gasteiger partial charge in [0.05, 0.1) is 20.7 Å². The maximum absolute atomic E-state index is 12.4. The summed E-state index contributed by atoms with van der Waals surface area (Å²) in [5.41, 5.74) is 2.29. The van der Waals surface area contributed by atoms with E-state index in [-0.39, 0.29) is 24.4 Å². The Morgan fingerprint density at radius 3 is 1.82 bits per heavy atom. The smallest absolute Gasteiger partial charge is 0.277 e. The summed E-state index contributed by atoms with van der Waals surface area (Å²) in [7, 11) is 4.18. The molecule has 0 saturated carbocycles. The van der Waals surface area contributed by atoms with E-state index in [0.29, 0.717) is 17.6 Å². The van der Waals surface area contributed by atoms with E-state index < -0.39 is 0 Å². The van der Waals surface area contributed by atoms with Crippen molar-refractivity contribution in [1.29, 1.82) is 0 Å². The van der Waals surface area contributed by atoms with E-state index in [1.54, 1.807) is 0 Å². The molecule has 2 aromatic rings. The molecular weight excluding hydrogens is 372 g/mol. The third-order valence-corrected chi connectivity index (χ3v) is 4.87. The number of rotatable bonds is 10. The van der Waals surface area contributed by atoms with Gasteiger partial charge in [-0.1, -0.05) is 60.7 Å². The lowest BCUT2D eigenvalue weighted by molar-refractivity contribution is -0.883. The van der Waals surface area contributed by atoms with E-state index in [1.807, 2.05) is 55.1 Å². The van der Waals surface area contributed by atoms with Crippen LogP contribution in [-0.2, 0) is 9.53 Å². The van der Waals surface area contributed by atoms with Crippen LogP contribution in [-0.4, -0.2) is 62.2 Å². The summed E-state index contributed by atoms with van der Waals surface area (Å²) in [4.78, 5) is 14.3. The normalized spacial score (nSPS) is 11.2. The van der Waals surface area contributed by atoms with E-state index in [9.17, 15) is 4.79 Å². The Hall–Kier alpha value is -1.88. The first-order valence-corrected chi connectivity index (χ1v) is 9.78. The molecule has 0 aliphatic carbocycles. The number of quaternary nitrogens is 1. The average molecular weight is 405 g/mol. The van der Waals surface area contributed by atoms with Crippen LogP contribution in [0.25, 0.3) is 0 Å². The molecule has 4 nitrogen and oxygen atoms in total. The molecule has 0 N–H and O–H groups in total. The molecular formula is C23H33ClN2O2. The van der Waals surface area contributed by atoms with Gasteiger partial charge in [0.25, 0.3) is 5.91 Å². The van der Waals surface area contributed by atoms with Crippen molar-refractivity contribution in [2.24, 2.45) is 0 Å². The lowest BCUT2D eigenvalue weighted by Gasteiger charge is -2.32. The van der Waals surface area contributed by atoms with E-state index >= 15 is 0 Å². The molecule has 0 unspecified atom stereocenters. The Morgan fingerprint density at radius 2 is 1.39 bits per heavy atom. The van der Waals surface area contributed by atoms with Crippen molar-refractivity contribution in [2.45, 2.75) is 20.0 Å². The average Bonchev–Trinajstić information content (AvgIpc) is 2.67. The van der Waals surface area contributed by atoms with Crippen molar-refractivity contribution in [3.8, 4) is 0 Å². The van der Waals surface area contributed by atoms with Crippen LogP contribution in [0, 0.1) is 0 Å². The molecule has 2 rings (SSSR count). The summed E-state index contributed by atoms with van der Waals surface area (Å²) in [6.07, 6.45) is -0.0918. The molecule has 0 fully saturated rings. The van der Waals surface area contributed by atoms with Crippen molar-refractivity contribution in [3.63, 3.8) is 0 Å². The number of ether oxygens (including phenoxy) is 1. The number of amides is 1. The minimum Gasteiger partial charge on any atom is -1.00 e. The predicted octanol–water partition coefficient (Wildman–Crippen LogP) is 0.741. The van der Waals surface area contributed by atoms with Crippen molar-refractivity contribution >= 4 is 5.91 Å². The minimum absolute atomic E-state index is 0. The Bertz CT molecular complexity index is 649. The Labute approximate surface area is 176 Å². The first-order chi connectivity index (χ1) is 13.0. The molecule has 0 aliphatic heterocycles. The topological polar surface area (TPSA) is 29.5 Å². The van der Waals surface area contributed by atoms with Gasteiger partial charge in [-0.15, -0.1) is 0 Å². The number of nitrogens with zero attached hydrogens (tertiary/aromatic N) is 2. The van der Waals surface area contributed by atoms with Gasteiger partial charge in [-0.3, -0.25) is 4.79 Å². The Kier molecular flexibility index (Phi) is 10.2. The molecule has 1 amide bonds. The van der Waals surface area contributed by atoms with Gasteiger partial charge in [0.15, 0.2) is 6.54 Å². The second kappa shape index (κ2) is 11.8.